The maximum Gasteiger partial charge on any atom is 0.291 e. The summed E-state index contributed by atoms with van der Waals surface area (Å²) in [5, 5.41) is 8.16. The highest BCUT2D eigenvalue weighted by atomic mass is 16.5. The highest BCUT2D eigenvalue weighted by Gasteiger charge is 2.15. The van der Waals surface area contributed by atoms with Gasteiger partial charge in [-0.25, -0.2) is 0 Å². The van der Waals surface area contributed by atoms with Gasteiger partial charge in [0, 0.05) is 17.3 Å². The lowest BCUT2D eigenvalue weighted by atomic mass is 10.1. The quantitative estimate of drug-likeness (QED) is 0.381. The number of carbonyl (C=O) groups is 3. The first kappa shape index (κ1) is 21.4. The first-order chi connectivity index (χ1) is 16.0. The predicted molar refractivity (Wildman–Crippen MR) is 121 cm³/mol. The number of anilines is 3. The Balaban J connectivity index is 1.48. The van der Waals surface area contributed by atoms with E-state index in [4.69, 9.17) is 13.6 Å². The van der Waals surface area contributed by atoms with Crippen LogP contribution in [0.4, 0.5) is 17.1 Å². The molecule has 2 aromatic carbocycles. The fourth-order valence-electron chi connectivity index (χ4n) is 2.95. The molecule has 166 valence electrons. The van der Waals surface area contributed by atoms with E-state index in [-0.39, 0.29) is 11.5 Å². The average molecular weight is 445 g/mol. The number of amides is 3. The predicted octanol–water partition coefficient (Wildman–Crippen LogP) is 4.64. The average Bonchev–Trinajstić information content (AvgIpc) is 3.55. The third-order valence-electron chi connectivity index (χ3n) is 4.62. The lowest BCUT2D eigenvalue weighted by molar-refractivity contribution is 0.0989. The highest BCUT2D eigenvalue weighted by molar-refractivity contribution is 6.09. The number of ether oxygens (including phenoxy) is 1. The van der Waals surface area contributed by atoms with Crippen molar-refractivity contribution in [3.8, 4) is 5.75 Å². The van der Waals surface area contributed by atoms with Gasteiger partial charge in [-0.2, -0.15) is 0 Å². The molecule has 0 unspecified atom stereocenters. The molecule has 3 amide bonds. The summed E-state index contributed by atoms with van der Waals surface area (Å²) >= 11 is 0. The Labute approximate surface area is 188 Å². The Kier molecular flexibility index (Phi) is 6.21. The van der Waals surface area contributed by atoms with Crippen molar-refractivity contribution in [2.24, 2.45) is 0 Å². The molecule has 0 spiro atoms. The van der Waals surface area contributed by atoms with Crippen LogP contribution in [0.5, 0.6) is 5.75 Å². The number of hydrogen-bond acceptors (Lipinski definition) is 6. The summed E-state index contributed by atoms with van der Waals surface area (Å²) in [5.74, 6) is -0.463. The molecule has 3 N–H and O–H groups in total. The van der Waals surface area contributed by atoms with Crippen LogP contribution in [-0.2, 0) is 0 Å². The Bertz CT molecular complexity index is 1260. The molecule has 2 aromatic heterocycles. The summed E-state index contributed by atoms with van der Waals surface area (Å²) in [4.78, 5) is 37.2. The van der Waals surface area contributed by atoms with E-state index in [0.717, 1.165) is 0 Å². The summed E-state index contributed by atoms with van der Waals surface area (Å²) in [6, 6.07) is 17.5. The van der Waals surface area contributed by atoms with Crippen LogP contribution in [0, 0.1) is 0 Å². The van der Waals surface area contributed by atoms with Gasteiger partial charge in [0.2, 0.25) is 0 Å². The van der Waals surface area contributed by atoms with Gasteiger partial charge in [0.25, 0.3) is 17.7 Å². The van der Waals surface area contributed by atoms with E-state index < -0.39 is 17.7 Å². The zero-order valence-electron chi connectivity index (χ0n) is 17.5. The monoisotopic (exact) mass is 445 g/mol. The molecule has 0 aliphatic heterocycles. The Morgan fingerprint density at radius 3 is 1.88 bits per heavy atom. The minimum absolute atomic E-state index is 0.135. The van der Waals surface area contributed by atoms with Gasteiger partial charge < -0.3 is 29.5 Å². The van der Waals surface area contributed by atoms with Crippen molar-refractivity contribution in [2.75, 3.05) is 23.1 Å². The maximum atomic E-state index is 12.8. The van der Waals surface area contributed by atoms with E-state index in [0.29, 0.717) is 28.4 Å². The molecule has 0 aliphatic rings. The second kappa shape index (κ2) is 9.56. The van der Waals surface area contributed by atoms with E-state index in [1.807, 2.05) is 0 Å². The molecule has 0 radical (unpaired) electrons. The van der Waals surface area contributed by atoms with E-state index >= 15 is 0 Å². The standard InChI is InChI=1S/C24H19N3O6/c1-31-17-10-11-18(26-24(30)21-5-3-13-33-21)19(14-17)27-22(28)15-6-8-16(9-7-15)25-23(29)20-4-2-12-32-20/h2-14H,1H3,(H,25,29)(H,26,30)(H,27,28). The summed E-state index contributed by atoms with van der Waals surface area (Å²) in [6.07, 6.45) is 2.80. The van der Waals surface area contributed by atoms with Gasteiger partial charge in [-0.1, -0.05) is 0 Å². The number of benzene rings is 2. The smallest absolute Gasteiger partial charge is 0.291 e. The first-order valence-electron chi connectivity index (χ1n) is 9.82. The summed E-state index contributed by atoms with van der Waals surface area (Å²) in [5.41, 5.74) is 1.56. The van der Waals surface area contributed by atoms with Gasteiger partial charge >= 0.3 is 0 Å². The summed E-state index contributed by atoms with van der Waals surface area (Å²) in [7, 11) is 1.50. The number of carbonyl (C=O) groups excluding carboxylic acids is 3. The van der Waals surface area contributed by atoms with Crippen LogP contribution in [-0.4, -0.2) is 24.8 Å². The summed E-state index contributed by atoms with van der Waals surface area (Å²) in [6.45, 7) is 0. The molecule has 0 saturated heterocycles. The van der Waals surface area contributed by atoms with Gasteiger partial charge in [-0.05, 0) is 60.7 Å². The minimum atomic E-state index is -0.461. The lowest BCUT2D eigenvalue weighted by Crippen LogP contribution is -2.17. The molecule has 0 fully saturated rings. The van der Waals surface area contributed by atoms with Crippen molar-refractivity contribution >= 4 is 34.8 Å². The van der Waals surface area contributed by atoms with Crippen LogP contribution in [0.15, 0.2) is 88.1 Å². The molecular formula is C24H19N3O6. The van der Waals surface area contributed by atoms with Crippen molar-refractivity contribution < 1.29 is 28.0 Å². The number of furan rings is 2. The number of rotatable bonds is 7. The molecule has 2 heterocycles. The van der Waals surface area contributed by atoms with E-state index in [2.05, 4.69) is 16.0 Å². The fourth-order valence-corrected chi connectivity index (χ4v) is 2.95. The third kappa shape index (κ3) is 5.10. The molecule has 4 aromatic rings. The fraction of sp³-hybridized carbons (Fsp3) is 0.0417. The molecule has 33 heavy (non-hydrogen) atoms. The maximum absolute atomic E-state index is 12.8. The zero-order valence-corrected chi connectivity index (χ0v) is 17.5. The molecule has 9 nitrogen and oxygen atoms in total. The van der Waals surface area contributed by atoms with E-state index in [9.17, 15) is 14.4 Å². The SMILES string of the molecule is COc1ccc(NC(=O)c2ccco2)c(NC(=O)c2ccc(NC(=O)c3ccco3)cc2)c1. The molecular weight excluding hydrogens is 426 g/mol. The van der Waals surface area contributed by atoms with Crippen LogP contribution in [0.3, 0.4) is 0 Å². The Hall–Kier alpha value is -4.79. The largest absolute Gasteiger partial charge is 0.497 e. The second-order valence-corrected chi connectivity index (χ2v) is 6.81. The van der Waals surface area contributed by atoms with Crippen molar-refractivity contribution in [3.63, 3.8) is 0 Å². The number of hydrogen-bond donors (Lipinski definition) is 3. The van der Waals surface area contributed by atoms with Gasteiger partial charge in [-0.3, -0.25) is 14.4 Å². The van der Waals surface area contributed by atoms with Crippen LogP contribution >= 0.6 is 0 Å². The minimum Gasteiger partial charge on any atom is -0.497 e. The van der Waals surface area contributed by atoms with Crippen molar-refractivity contribution in [3.05, 3.63) is 96.3 Å². The molecule has 0 saturated carbocycles. The van der Waals surface area contributed by atoms with E-state index in [1.54, 1.807) is 60.7 Å². The third-order valence-corrected chi connectivity index (χ3v) is 4.62. The zero-order chi connectivity index (χ0) is 23.2. The number of nitrogens with one attached hydrogen (secondary N) is 3. The molecule has 4 rings (SSSR count). The molecule has 9 heteroatoms. The van der Waals surface area contributed by atoms with Crippen LogP contribution < -0.4 is 20.7 Å². The first-order valence-corrected chi connectivity index (χ1v) is 9.82. The number of methoxy groups -OCH3 is 1. The lowest BCUT2D eigenvalue weighted by Gasteiger charge is -2.13. The van der Waals surface area contributed by atoms with Gasteiger partial charge in [-0.15, -0.1) is 0 Å². The molecule has 0 aliphatic carbocycles. The molecule has 0 bridgehead atoms. The van der Waals surface area contributed by atoms with Crippen LogP contribution in [0.25, 0.3) is 0 Å². The van der Waals surface area contributed by atoms with Crippen molar-refractivity contribution in [1.29, 1.82) is 0 Å². The van der Waals surface area contributed by atoms with Crippen LogP contribution in [0.1, 0.15) is 31.5 Å². The van der Waals surface area contributed by atoms with Gasteiger partial charge in [0.05, 0.1) is 31.0 Å². The van der Waals surface area contributed by atoms with E-state index in [1.165, 1.54) is 25.7 Å². The van der Waals surface area contributed by atoms with Gasteiger partial charge in [0.1, 0.15) is 5.75 Å². The topological polar surface area (TPSA) is 123 Å². The van der Waals surface area contributed by atoms with Crippen LogP contribution in [0.2, 0.25) is 0 Å². The summed E-state index contributed by atoms with van der Waals surface area (Å²) < 4.78 is 15.4. The normalized spacial score (nSPS) is 10.3. The van der Waals surface area contributed by atoms with Crippen molar-refractivity contribution in [2.45, 2.75) is 0 Å². The Morgan fingerprint density at radius 1 is 0.697 bits per heavy atom. The second-order valence-electron chi connectivity index (χ2n) is 6.81. The molecule has 0 atom stereocenters. The highest BCUT2D eigenvalue weighted by Crippen LogP contribution is 2.28. The Morgan fingerprint density at radius 2 is 1.30 bits per heavy atom. The van der Waals surface area contributed by atoms with Gasteiger partial charge in [0.15, 0.2) is 11.5 Å². The van der Waals surface area contributed by atoms with Crippen molar-refractivity contribution in [1.82, 2.24) is 0 Å².